The summed E-state index contributed by atoms with van der Waals surface area (Å²) in [6, 6.07) is 0. The first-order valence-electron chi connectivity index (χ1n) is 4.12. The van der Waals surface area contributed by atoms with Crippen LogP contribution in [0.5, 0.6) is 0 Å². The van der Waals surface area contributed by atoms with Crippen molar-refractivity contribution in [1.29, 1.82) is 0 Å². The number of hydrogen-bond acceptors (Lipinski definition) is 3. The first kappa shape index (κ1) is 11.9. The van der Waals surface area contributed by atoms with Gasteiger partial charge in [-0.05, 0) is 14.0 Å². The Bertz CT molecular complexity index is 206. The van der Waals surface area contributed by atoms with Crippen LogP contribution in [-0.4, -0.2) is 38.5 Å². The minimum absolute atomic E-state index is 0.125. The van der Waals surface area contributed by atoms with Crippen molar-refractivity contribution in [2.45, 2.75) is 18.9 Å². The zero-order chi connectivity index (χ0) is 10.5. The highest BCUT2D eigenvalue weighted by molar-refractivity contribution is 5.91. The van der Waals surface area contributed by atoms with E-state index in [1.54, 1.807) is 28.1 Å². The smallest absolute Gasteiger partial charge is 0.240 e. The highest BCUT2D eigenvalue weighted by Gasteiger charge is 2.32. The van der Waals surface area contributed by atoms with Gasteiger partial charge >= 0.3 is 0 Å². The molecule has 0 heterocycles. The molecule has 0 aromatic heterocycles. The maximum absolute atomic E-state index is 11.4. The molecular weight excluding hydrogens is 170 g/mol. The molecule has 2 amide bonds. The Morgan fingerprint density at radius 2 is 1.69 bits per heavy atom. The van der Waals surface area contributed by atoms with E-state index in [0.29, 0.717) is 0 Å². The van der Waals surface area contributed by atoms with Crippen molar-refractivity contribution in [3.8, 4) is 0 Å². The van der Waals surface area contributed by atoms with Crippen LogP contribution in [0.4, 0.5) is 0 Å². The summed E-state index contributed by atoms with van der Waals surface area (Å²) in [5.41, 5.74) is -0.838. The first-order chi connectivity index (χ1) is 6.00. The van der Waals surface area contributed by atoms with Gasteiger partial charge in [-0.2, -0.15) is 0 Å². The third-order valence-corrected chi connectivity index (χ3v) is 2.07. The van der Waals surface area contributed by atoms with E-state index in [2.05, 4.69) is 16.0 Å². The standard InChI is InChI=1S/C8H17N3O2/c1-8(11-4,7(13)10-3)5-6(12)9-2/h11H,5H2,1-4H3,(H,9,12)(H,10,13). The van der Waals surface area contributed by atoms with Crippen LogP contribution in [0, 0.1) is 0 Å². The molecule has 0 rings (SSSR count). The fourth-order valence-electron chi connectivity index (χ4n) is 0.968. The summed E-state index contributed by atoms with van der Waals surface area (Å²) >= 11 is 0. The van der Waals surface area contributed by atoms with Crippen LogP contribution in [0.25, 0.3) is 0 Å². The number of nitrogens with one attached hydrogen (secondary N) is 3. The number of likely N-dealkylation sites (N-methyl/N-ethyl adjacent to an activating group) is 2. The van der Waals surface area contributed by atoms with E-state index in [1.807, 2.05) is 0 Å². The molecular formula is C8H17N3O2. The molecule has 0 fully saturated rings. The molecule has 1 unspecified atom stereocenters. The van der Waals surface area contributed by atoms with Gasteiger partial charge < -0.3 is 16.0 Å². The highest BCUT2D eigenvalue weighted by atomic mass is 16.2. The fraction of sp³-hybridized carbons (Fsp3) is 0.750. The molecule has 76 valence electrons. The van der Waals surface area contributed by atoms with E-state index in [0.717, 1.165) is 0 Å². The molecule has 0 aromatic carbocycles. The molecule has 3 N–H and O–H groups in total. The Morgan fingerprint density at radius 1 is 1.15 bits per heavy atom. The Balaban J connectivity index is 4.45. The number of amides is 2. The first-order valence-corrected chi connectivity index (χ1v) is 4.12. The van der Waals surface area contributed by atoms with Crippen LogP contribution in [0.3, 0.4) is 0 Å². The topological polar surface area (TPSA) is 70.2 Å². The summed E-state index contributed by atoms with van der Waals surface area (Å²) in [7, 11) is 4.74. The van der Waals surface area contributed by atoms with Crippen LogP contribution in [-0.2, 0) is 9.59 Å². The lowest BCUT2D eigenvalue weighted by Crippen LogP contribution is -2.54. The molecule has 0 radical (unpaired) electrons. The SMILES string of the molecule is CNC(=O)CC(C)(NC)C(=O)NC. The third-order valence-electron chi connectivity index (χ3n) is 2.07. The molecule has 0 saturated heterocycles. The Morgan fingerprint density at radius 3 is 2.00 bits per heavy atom. The van der Waals surface area contributed by atoms with E-state index < -0.39 is 5.54 Å². The maximum Gasteiger partial charge on any atom is 0.240 e. The van der Waals surface area contributed by atoms with Crippen molar-refractivity contribution in [2.75, 3.05) is 21.1 Å². The summed E-state index contributed by atoms with van der Waals surface area (Å²) in [6.07, 6.45) is 0.125. The van der Waals surface area contributed by atoms with Gasteiger partial charge in [-0.1, -0.05) is 0 Å². The lowest BCUT2D eigenvalue weighted by molar-refractivity contribution is -0.131. The van der Waals surface area contributed by atoms with Gasteiger partial charge in [-0.15, -0.1) is 0 Å². The van der Waals surface area contributed by atoms with Crippen molar-refractivity contribution >= 4 is 11.8 Å². The highest BCUT2D eigenvalue weighted by Crippen LogP contribution is 2.08. The molecule has 0 aliphatic rings. The predicted molar refractivity (Wildman–Crippen MR) is 50.2 cm³/mol. The molecule has 13 heavy (non-hydrogen) atoms. The van der Waals surface area contributed by atoms with Gasteiger partial charge in [0, 0.05) is 14.1 Å². The lowest BCUT2D eigenvalue weighted by atomic mass is 9.96. The summed E-state index contributed by atoms with van der Waals surface area (Å²) in [5.74, 6) is -0.362. The van der Waals surface area contributed by atoms with E-state index in [4.69, 9.17) is 0 Å². The third kappa shape index (κ3) is 3.02. The van der Waals surface area contributed by atoms with Gasteiger partial charge in [0.1, 0.15) is 5.54 Å². The normalized spacial score (nSPS) is 14.5. The molecule has 0 aromatic rings. The molecule has 0 spiro atoms. The number of carbonyl (C=O) groups excluding carboxylic acids is 2. The Kier molecular flexibility index (Phi) is 4.40. The molecule has 0 aliphatic heterocycles. The van der Waals surface area contributed by atoms with Gasteiger partial charge in [0.25, 0.3) is 0 Å². The van der Waals surface area contributed by atoms with Gasteiger partial charge in [0.05, 0.1) is 6.42 Å². The summed E-state index contributed by atoms with van der Waals surface area (Å²) < 4.78 is 0. The van der Waals surface area contributed by atoms with Crippen LogP contribution in [0.1, 0.15) is 13.3 Å². The summed E-state index contributed by atoms with van der Waals surface area (Å²) in [5, 5.41) is 7.80. The zero-order valence-electron chi connectivity index (χ0n) is 8.52. The average Bonchev–Trinajstić information content (AvgIpc) is 2.15. The number of hydrogen-bond donors (Lipinski definition) is 3. The van der Waals surface area contributed by atoms with Crippen molar-refractivity contribution in [2.24, 2.45) is 0 Å². The van der Waals surface area contributed by atoms with Crippen molar-refractivity contribution in [1.82, 2.24) is 16.0 Å². The minimum Gasteiger partial charge on any atom is -0.359 e. The second kappa shape index (κ2) is 4.81. The monoisotopic (exact) mass is 187 g/mol. The van der Waals surface area contributed by atoms with E-state index in [-0.39, 0.29) is 18.2 Å². The number of rotatable bonds is 4. The minimum atomic E-state index is -0.838. The van der Waals surface area contributed by atoms with Crippen molar-refractivity contribution in [3.63, 3.8) is 0 Å². The second-order valence-corrected chi connectivity index (χ2v) is 3.01. The summed E-state index contributed by atoms with van der Waals surface area (Å²) in [6.45, 7) is 1.68. The van der Waals surface area contributed by atoms with Crippen LogP contribution >= 0.6 is 0 Å². The maximum atomic E-state index is 11.4. The summed E-state index contributed by atoms with van der Waals surface area (Å²) in [4.78, 5) is 22.4. The van der Waals surface area contributed by atoms with E-state index in [1.165, 1.54) is 0 Å². The van der Waals surface area contributed by atoms with Gasteiger partial charge in [-0.25, -0.2) is 0 Å². The predicted octanol–water partition coefficient (Wildman–Crippen LogP) is -1.15. The van der Waals surface area contributed by atoms with Gasteiger partial charge in [0.2, 0.25) is 11.8 Å². The van der Waals surface area contributed by atoms with E-state index in [9.17, 15) is 9.59 Å². The number of carbonyl (C=O) groups is 2. The van der Waals surface area contributed by atoms with Gasteiger partial charge in [0.15, 0.2) is 0 Å². The average molecular weight is 187 g/mol. The van der Waals surface area contributed by atoms with Crippen molar-refractivity contribution < 1.29 is 9.59 Å². The van der Waals surface area contributed by atoms with Gasteiger partial charge in [-0.3, -0.25) is 9.59 Å². The van der Waals surface area contributed by atoms with Crippen LogP contribution in [0.15, 0.2) is 0 Å². The Labute approximate surface area is 78.3 Å². The zero-order valence-corrected chi connectivity index (χ0v) is 8.52. The Hall–Kier alpha value is -1.10. The van der Waals surface area contributed by atoms with Crippen molar-refractivity contribution in [3.05, 3.63) is 0 Å². The quantitative estimate of drug-likeness (QED) is 0.520. The fourth-order valence-corrected chi connectivity index (χ4v) is 0.968. The largest absolute Gasteiger partial charge is 0.359 e. The molecule has 0 aliphatic carbocycles. The molecule has 5 nitrogen and oxygen atoms in total. The molecule has 5 heteroatoms. The van der Waals surface area contributed by atoms with Crippen LogP contribution in [0.2, 0.25) is 0 Å². The van der Waals surface area contributed by atoms with Crippen LogP contribution < -0.4 is 16.0 Å². The molecule has 1 atom stereocenters. The second-order valence-electron chi connectivity index (χ2n) is 3.01. The lowest BCUT2D eigenvalue weighted by Gasteiger charge is -2.26. The molecule has 0 saturated carbocycles. The van der Waals surface area contributed by atoms with E-state index >= 15 is 0 Å². The molecule has 0 bridgehead atoms.